The van der Waals surface area contributed by atoms with Crippen molar-refractivity contribution >= 4 is 49.6 Å². The molecule has 0 unspecified atom stereocenters. The van der Waals surface area contributed by atoms with Gasteiger partial charge in [0.1, 0.15) is 11.3 Å². The monoisotopic (exact) mass is 841 g/mol. The number of anilines is 3. The van der Waals surface area contributed by atoms with Crippen LogP contribution in [0, 0.1) is 0 Å². The van der Waals surface area contributed by atoms with Gasteiger partial charge in [-0.1, -0.05) is 194 Å². The van der Waals surface area contributed by atoms with E-state index in [4.69, 9.17) is 4.42 Å². The standard InChI is InChI=1S/C64H43NO/c1-2-12-51-41-55(27-24-44(51)10-1)54-17-7-15-52(40-54)47-30-36-59(37-31-47)65(60-38-32-48(33-39-60)53-16-8-18-56(42-53)64-43-57-13-4-6-21-63(57)66-64)58-34-28-46(29-35-58)45-22-25-50(26-23-45)62-20-9-14-49-11-3-5-19-61(49)62/h1-43H. The second-order valence-corrected chi connectivity index (χ2v) is 17.0. The summed E-state index contributed by atoms with van der Waals surface area (Å²) < 4.78 is 6.24. The molecule has 0 fully saturated rings. The third-order valence-electron chi connectivity index (χ3n) is 12.9. The summed E-state index contributed by atoms with van der Waals surface area (Å²) in [5, 5.41) is 6.12. The van der Waals surface area contributed by atoms with Crippen LogP contribution in [0.3, 0.4) is 0 Å². The van der Waals surface area contributed by atoms with Gasteiger partial charge in [0, 0.05) is 28.0 Å². The Kier molecular flexibility index (Phi) is 9.89. The molecule has 0 aliphatic carbocycles. The highest BCUT2D eigenvalue weighted by atomic mass is 16.3. The highest BCUT2D eigenvalue weighted by molar-refractivity contribution is 5.97. The minimum atomic E-state index is 0.869. The molecule has 0 spiro atoms. The molecule has 0 aliphatic rings. The van der Waals surface area contributed by atoms with Crippen LogP contribution >= 0.6 is 0 Å². The molecule has 2 heteroatoms. The molecule has 0 radical (unpaired) electrons. The zero-order valence-corrected chi connectivity index (χ0v) is 36.2. The number of nitrogens with zero attached hydrogens (tertiary/aromatic N) is 1. The summed E-state index contributed by atoms with van der Waals surface area (Å²) in [6, 6.07) is 93.9. The van der Waals surface area contributed by atoms with Crippen molar-refractivity contribution in [2.75, 3.05) is 4.90 Å². The predicted octanol–water partition coefficient (Wildman–Crippen LogP) is 18.2. The van der Waals surface area contributed by atoms with Crippen LogP contribution in [0.1, 0.15) is 0 Å². The Bertz CT molecular complexity index is 3640. The van der Waals surface area contributed by atoms with Gasteiger partial charge in [-0.25, -0.2) is 0 Å². The lowest BCUT2D eigenvalue weighted by molar-refractivity contribution is 0.631. The Hall–Kier alpha value is -8.72. The first-order valence-electron chi connectivity index (χ1n) is 22.5. The Morgan fingerprint density at radius 3 is 1.30 bits per heavy atom. The molecule has 0 atom stereocenters. The smallest absolute Gasteiger partial charge is 0.135 e. The van der Waals surface area contributed by atoms with E-state index in [9.17, 15) is 0 Å². The fourth-order valence-corrected chi connectivity index (χ4v) is 9.40. The summed E-state index contributed by atoms with van der Waals surface area (Å²) in [6.07, 6.45) is 0. The largest absolute Gasteiger partial charge is 0.456 e. The van der Waals surface area contributed by atoms with Gasteiger partial charge in [0.05, 0.1) is 0 Å². The van der Waals surface area contributed by atoms with Crippen LogP contribution in [-0.4, -0.2) is 0 Å². The maximum absolute atomic E-state index is 6.24. The van der Waals surface area contributed by atoms with Crippen LogP contribution in [0.4, 0.5) is 17.1 Å². The molecular weight excluding hydrogens is 799 g/mol. The molecule has 11 aromatic carbocycles. The van der Waals surface area contributed by atoms with Gasteiger partial charge in [-0.3, -0.25) is 0 Å². The quantitative estimate of drug-likeness (QED) is 0.144. The number of hydrogen-bond acceptors (Lipinski definition) is 2. The van der Waals surface area contributed by atoms with Gasteiger partial charge < -0.3 is 9.32 Å². The number of rotatable bonds is 9. The van der Waals surface area contributed by atoms with Crippen molar-refractivity contribution in [1.82, 2.24) is 0 Å². The molecule has 0 aliphatic heterocycles. The van der Waals surface area contributed by atoms with Gasteiger partial charge in [-0.05, 0) is 144 Å². The highest BCUT2D eigenvalue weighted by Crippen LogP contribution is 2.40. The zero-order chi connectivity index (χ0) is 43.8. The maximum atomic E-state index is 6.24. The SMILES string of the molecule is c1cc(-c2ccc(N(c3ccc(-c4ccc(-c5cccc6ccccc56)cc4)cc3)c3ccc(-c4cccc(-c5cc6ccccc6o5)c4)cc3)cc2)cc(-c2ccc3ccccc3c2)c1. The first-order chi connectivity index (χ1) is 32.7. The number of furan rings is 1. The lowest BCUT2D eigenvalue weighted by Crippen LogP contribution is -2.09. The molecule has 66 heavy (non-hydrogen) atoms. The van der Waals surface area contributed by atoms with Crippen molar-refractivity contribution < 1.29 is 4.42 Å². The molecule has 0 saturated heterocycles. The molecule has 12 aromatic rings. The van der Waals surface area contributed by atoms with E-state index in [0.29, 0.717) is 0 Å². The number of hydrogen-bond donors (Lipinski definition) is 0. The molecule has 0 saturated carbocycles. The average molecular weight is 842 g/mol. The van der Waals surface area contributed by atoms with Gasteiger partial charge in [0.2, 0.25) is 0 Å². The molecule has 2 nitrogen and oxygen atoms in total. The van der Waals surface area contributed by atoms with Gasteiger partial charge in [0.15, 0.2) is 0 Å². The van der Waals surface area contributed by atoms with Crippen molar-refractivity contribution in [1.29, 1.82) is 0 Å². The third kappa shape index (κ3) is 7.51. The lowest BCUT2D eigenvalue weighted by Gasteiger charge is -2.26. The summed E-state index contributed by atoms with van der Waals surface area (Å²) in [4.78, 5) is 2.34. The lowest BCUT2D eigenvalue weighted by atomic mass is 9.96. The first kappa shape index (κ1) is 38.9. The van der Waals surface area contributed by atoms with Crippen molar-refractivity contribution in [3.63, 3.8) is 0 Å². The molecule has 0 amide bonds. The average Bonchev–Trinajstić information content (AvgIpc) is 3.84. The zero-order valence-electron chi connectivity index (χ0n) is 36.2. The van der Waals surface area contributed by atoms with Crippen molar-refractivity contribution in [3.8, 4) is 67.0 Å². The van der Waals surface area contributed by atoms with E-state index in [1.807, 2.05) is 18.2 Å². The van der Waals surface area contributed by atoms with Crippen LogP contribution in [-0.2, 0) is 0 Å². The molecule has 1 aromatic heterocycles. The summed E-state index contributed by atoms with van der Waals surface area (Å²) in [7, 11) is 0. The normalized spacial score (nSPS) is 11.3. The molecule has 0 N–H and O–H groups in total. The molecule has 12 rings (SSSR count). The van der Waals surface area contributed by atoms with Crippen molar-refractivity contribution in [2.24, 2.45) is 0 Å². The van der Waals surface area contributed by atoms with Crippen LogP contribution in [0.25, 0.3) is 99.5 Å². The van der Waals surface area contributed by atoms with E-state index in [1.165, 1.54) is 66.1 Å². The second-order valence-electron chi connectivity index (χ2n) is 17.0. The van der Waals surface area contributed by atoms with E-state index in [0.717, 1.165) is 50.5 Å². The summed E-state index contributed by atoms with van der Waals surface area (Å²) >= 11 is 0. The first-order valence-corrected chi connectivity index (χ1v) is 22.5. The predicted molar refractivity (Wildman–Crippen MR) is 279 cm³/mol. The van der Waals surface area contributed by atoms with Gasteiger partial charge in [-0.15, -0.1) is 0 Å². The third-order valence-corrected chi connectivity index (χ3v) is 12.9. The minimum absolute atomic E-state index is 0.869. The highest BCUT2D eigenvalue weighted by Gasteiger charge is 2.15. The topological polar surface area (TPSA) is 16.4 Å². The van der Waals surface area contributed by atoms with E-state index in [-0.39, 0.29) is 0 Å². The van der Waals surface area contributed by atoms with Crippen LogP contribution in [0.5, 0.6) is 0 Å². The Morgan fingerprint density at radius 1 is 0.242 bits per heavy atom. The molecule has 0 bridgehead atoms. The van der Waals surface area contributed by atoms with Crippen molar-refractivity contribution in [2.45, 2.75) is 0 Å². The molecule has 310 valence electrons. The number of fused-ring (bicyclic) bond motifs is 3. The van der Waals surface area contributed by atoms with Crippen LogP contribution < -0.4 is 4.90 Å². The van der Waals surface area contributed by atoms with E-state index < -0.39 is 0 Å². The van der Waals surface area contributed by atoms with Crippen molar-refractivity contribution in [3.05, 3.63) is 261 Å². The van der Waals surface area contributed by atoms with Gasteiger partial charge in [0.25, 0.3) is 0 Å². The maximum Gasteiger partial charge on any atom is 0.135 e. The van der Waals surface area contributed by atoms with E-state index in [1.54, 1.807) is 0 Å². The minimum Gasteiger partial charge on any atom is -0.456 e. The Labute approximate surface area is 384 Å². The van der Waals surface area contributed by atoms with Gasteiger partial charge in [-0.2, -0.15) is 0 Å². The Morgan fingerprint density at radius 2 is 0.667 bits per heavy atom. The molecule has 1 heterocycles. The van der Waals surface area contributed by atoms with Gasteiger partial charge >= 0.3 is 0 Å². The van der Waals surface area contributed by atoms with Crippen LogP contribution in [0.15, 0.2) is 265 Å². The second kappa shape index (κ2) is 16.8. The molecular formula is C64H43NO. The summed E-state index contributed by atoms with van der Waals surface area (Å²) in [5.41, 5.74) is 17.1. The number of benzene rings is 11. The fraction of sp³-hybridized carbons (Fsp3) is 0. The number of para-hydroxylation sites is 1. The summed E-state index contributed by atoms with van der Waals surface area (Å²) in [5.74, 6) is 0.869. The Balaban J connectivity index is 0.869. The van der Waals surface area contributed by atoms with Crippen LogP contribution in [0.2, 0.25) is 0 Å². The summed E-state index contributed by atoms with van der Waals surface area (Å²) in [6.45, 7) is 0. The van der Waals surface area contributed by atoms with E-state index in [2.05, 4.69) is 248 Å². The fourth-order valence-electron chi connectivity index (χ4n) is 9.40. The van der Waals surface area contributed by atoms with E-state index >= 15 is 0 Å².